The maximum absolute atomic E-state index is 13.2. The van der Waals surface area contributed by atoms with E-state index in [0.29, 0.717) is 22.0 Å². The summed E-state index contributed by atoms with van der Waals surface area (Å²) in [6.45, 7) is 8.07. The number of aromatic nitrogens is 2. The summed E-state index contributed by atoms with van der Waals surface area (Å²) in [6, 6.07) is 6.62. The van der Waals surface area contributed by atoms with Crippen LogP contribution in [0, 0.1) is 5.92 Å². The average molecular weight is 419 g/mol. The molecular weight excluding hydrogens is 388 g/mol. The summed E-state index contributed by atoms with van der Waals surface area (Å²) in [5.41, 5.74) is 0.499. The fourth-order valence-corrected chi connectivity index (χ4v) is 4.05. The van der Waals surface area contributed by atoms with Crippen molar-refractivity contribution in [1.82, 2.24) is 20.2 Å². The topological polar surface area (TPSA) is 93.1 Å². The Hall–Kier alpha value is -2.35. The van der Waals surface area contributed by atoms with Crippen molar-refractivity contribution in [2.24, 2.45) is 5.92 Å². The van der Waals surface area contributed by atoms with Crippen LogP contribution in [0.2, 0.25) is 0 Å². The first kappa shape index (κ1) is 22.9. The molecule has 8 heteroatoms. The second-order valence-electron chi connectivity index (χ2n) is 7.59. The van der Waals surface area contributed by atoms with Crippen molar-refractivity contribution in [2.45, 2.75) is 63.4 Å². The van der Waals surface area contributed by atoms with Crippen molar-refractivity contribution in [2.75, 3.05) is 7.05 Å². The number of hydrogen-bond donors (Lipinski definition) is 2. The molecule has 0 aliphatic rings. The summed E-state index contributed by atoms with van der Waals surface area (Å²) < 4.78 is 1.69. The maximum atomic E-state index is 13.2. The van der Waals surface area contributed by atoms with E-state index >= 15 is 0 Å². The smallest absolute Gasteiger partial charge is 0.321 e. The highest BCUT2D eigenvalue weighted by Crippen LogP contribution is 2.27. The van der Waals surface area contributed by atoms with Gasteiger partial charge < -0.3 is 5.32 Å². The third-order valence-electron chi connectivity index (χ3n) is 4.73. The van der Waals surface area contributed by atoms with Gasteiger partial charge >= 0.3 is 6.03 Å². The Morgan fingerprint density at radius 2 is 1.83 bits per heavy atom. The molecule has 1 aromatic carbocycles. The maximum Gasteiger partial charge on any atom is 0.321 e. The number of thioether (sulfide) groups is 1. The van der Waals surface area contributed by atoms with Gasteiger partial charge in [-0.15, -0.1) is 0 Å². The first-order valence-electron chi connectivity index (χ1n) is 9.95. The largest absolute Gasteiger partial charge is 0.341 e. The molecule has 0 aliphatic carbocycles. The summed E-state index contributed by atoms with van der Waals surface area (Å²) in [7, 11) is 1.45. The van der Waals surface area contributed by atoms with Gasteiger partial charge in [-0.3, -0.25) is 19.5 Å². The molecule has 3 amide bonds. The Balaban J connectivity index is 2.37. The zero-order valence-electron chi connectivity index (χ0n) is 17.7. The van der Waals surface area contributed by atoms with E-state index in [9.17, 15) is 14.4 Å². The van der Waals surface area contributed by atoms with Crippen LogP contribution in [0.1, 0.15) is 53.0 Å². The lowest BCUT2D eigenvalue weighted by Gasteiger charge is -2.21. The number of para-hydroxylation sites is 1. The van der Waals surface area contributed by atoms with E-state index in [0.717, 1.165) is 19.3 Å². The number of carbonyl (C=O) groups is 2. The van der Waals surface area contributed by atoms with Gasteiger partial charge in [-0.1, -0.05) is 50.6 Å². The highest BCUT2D eigenvalue weighted by molar-refractivity contribution is 8.00. The molecule has 1 aromatic heterocycles. The van der Waals surface area contributed by atoms with Crippen molar-refractivity contribution < 1.29 is 9.59 Å². The minimum Gasteiger partial charge on any atom is -0.341 e. The van der Waals surface area contributed by atoms with E-state index in [1.807, 2.05) is 19.1 Å². The number of fused-ring (bicyclic) bond motifs is 1. The molecule has 2 aromatic rings. The van der Waals surface area contributed by atoms with Crippen LogP contribution in [0.15, 0.2) is 34.2 Å². The van der Waals surface area contributed by atoms with E-state index in [1.54, 1.807) is 23.6 Å². The van der Waals surface area contributed by atoms with Crippen molar-refractivity contribution >= 4 is 34.6 Å². The van der Waals surface area contributed by atoms with Gasteiger partial charge in [0.1, 0.15) is 0 Å². The molecule has 0 spiro atoms. The molecule has 0 unspecified atom stereocenters. The van der Waals surface area contributed by atoms with E-state index in [2.05, 4.69) is 29.5 Å². The first-order chi connectivity index (χ1) is 13.7. The van der Waals surface area contributed by atoms with Crippen LogP contribution in [-0.4, -0.2) is 33.8 Å². The highest BCUT2D eigenvalue weighted by atomic mass is 32.2. The Morgan fingerprint density at radius 3 is 2.48 bits per heavy atom. The number of benzene rings is 1. The Labute approximate surface area is 175 Å². The molecule has 2 rings (SSSR count). The van der Waals surface area contributed by atoms with Crippen LogP contribution >= 0.6 is 11.8 Å². The van der Waals surface area contributed by atoms with Crippen molar-refractivity contribution in [3.8, 4) is 0 Å². The van der Waals surface area contributed by atoms with Crippen LogP contribution in [0.25, 0.3) is 10.9 Å². The normalized spacial score (nSPS) is 13.3. The van der Waals surface area contributed by atoms with Crippen LogP contribution in [0.5, 0.6) is 0 Å². The van der Waals surface area contributed by atoms with Gasteiger partial charge in [-0.05, 0) is 38.3 Å². The lowest BCUT2D eigenvalue weighted by molar-refractivity contribution is -0.119. The summed E-state index contributed by atoms with van der Waals surface area (Å²) in [5.74, 6) is 0.173. The molecule has 0 radical (unpaired) electrons. The summed E-state index contributed by atoms with van der Waals surface area (Å²) in [5, 5.41) is 5.10. The lowest BCUT2D eigenvalue weighted by atomic mass is 10.0. The average Bonchev–Trinajstić information content (AvgIpc) is 2.67. The van der Waals surface area contributed by atoms with Crippen molar-refractivity contribution in [1.29, 1.82) is 0 Å². The summed E-state index contributed by atoms with van der Waals surface area (Å²) in [4.78, 5) is 41.6. The molecule has 2 N–H and O–H groups in total. The van der Waals surface area contributed by atoms with Crippen molar-refractivity contribution in [3.05, 3.63) is 34.6 Å². The predicted octanol–water partition coefficient (Wildman–Crippen LogP) is 3.72. The second kappa shape index (κ2) is 10.4. The molecular formula is C21H30N4O3S. The molecule has 0 fully saturated rings. The number of hydrogen-bond acceptors (Lipinski definition) is 5. The van der Waals surface area contributed by atoms with E-state index in [-0.39, 0.29) is 11.6 Å². The molecule has 1 heterocycles. The lowest BCUT2D eigenvalue weighted by Crippen LogP contribution is -2.41. The van der Waals surface area contributed by atoms with E-state index < -0.39 is 17.2 Å². The van der Waals surface area contributed by atoms with E-state index in [1.165, 1.54) is 18.8 Å². The Morgan fingerprint density at radius 1 is 1.14 bits per heavy atom. The molecule has 0 bridgehead atoms. The fraction of sp³-hybridized carbons (Fsp3) is 0.524. The van der Waals surface area contributed by atoms with Crippen LogP contribution < -0.4 is 16.2 Å². The third kappa shape index (κ3) is 6.06. The SMILES string of the molecule is CNC(=O)NC(=O)[C@H](C)Sc1nc2ccccc2c(=O)n1[C@H](C)CCCC(C)C. The number of rotatable bonds is 8. The monoisotopic (exact) mass is 418 g/mol. The van der Waals surface area contributed by atoms with Gasteiger partial charge in [0.05, 0.1) is 16.2 Å². The molecule has 158 valence electrons. The first-order valence-corrected chi connectivity index (χ1v) is 10.8. The van der Waals surface area contributed by atoms with Crippen molar-refractivity contribution in [3.63, 3.8) is 0 Å². The van der Waals surface area contributed by atoms with Crippen LogP contribution in [0.4, 0.5) is 4.79 Å². The standard InChI is InChI=1S/C21H30N4O3S/c1-13(2)9-8-10-14(3)25-19(27)16-11-6-7-12-17(16)23-21(25)29-15(4)18(26)24-20(28)22-5/h6-7,11-15H,8-10H2,1-5H3,(H2,22,24,26,28)/t14-,15+/m1/s1. The predicted molar refractivity (Wildman–Crippen MR) is 117 cm³/mol. The minimum absolute atomic E-state index is 0.0462. The zero-order valence-corrected chi connectivity index (χ0v) is 18.5. The number of carbonyl (C=O) groups excluding carboxylic acids is 2. The van der Waals surface area contributed by atoms with E-state index in [4.69, 9.17) is 0 Å². The fourth-order valence-electron chi connectivity index (χ4n) is 3.04. The molecule has 7 nitrogen and oxygen atoms in total. The number of nitrogens with zero attached hydrogens (tertiary/aromatic N) is 2. The van der Waals surface area contributed by atoms with Crippen LogP contribution in [-0.2, 0) is 4.79 Å². The van der Waals surface area contributed by atoms with Crippen LogP contribution in [0.3, 0.4) is 0 Å². The van der Waals surface area contributed by atoms with Gasteiger partial charge in [0, 0.05) is 13.1 Å². The van der Waals surface area contributed by atoms with Gasteiger partial charge in [-0.2, -0.15) is 0 Å². The number of nitrogens with one attached hydrogen (secondary N) is 2. The Bertz CT molecular complexity index is 926. The number of amides is 3. The molecule has 29 heavy (non-hydrogen) atoms. The summed E-state index contributed by atoms with van der Waals surface area (Å²) >= 11 is 1.19. The van der Waals surface area contributed by atoms with Gasteiger partial charge in [0.15, 0.2) is 5.16 Å². The van der Waals surface area contributed by atoms with Gasteiger partial charge in [-0.25, -0.2) is 9.78 Å². The van der Waals surface area contributed by atoms with Gasteiger partial charge in [0.25, 0.3) is 5.56 Å². The number of imide groups is 1. The Kier molecular flexibility index (Phi) is 8.25. The summed E-state index contributed by atoms with van der Waals surface area (Å²) in [6.07, 6.45) is 2.95. The van der Waals surface area contributed by atoms with Gasteiger partial charge in [0.2, 0.25) is 5.91 Å². The molecule has 0 aliphatic heterocycles. The highest BCUT2D eigenvalue weighted by Gasteiger charge is 2.22. The molecule has 0 saturated heterocycles. The quantitative estimate of drug-likeness (QED) is 0.503. The number of urea groups is 1. The molecule has 2 atom stereocenters. The zero-order chi connectivity index (χ0) is 21.6. The second-order valence-corrected chi connectivity index (χ2v) is 8.90. The minimum atomic E-state index is -0.588. The molecule has 0 saturated carbocycles. The third-order valence-corrected chi connectivity index (χ3v) is 5.80.